The number of nitrogens with one attached hydrogen (secondary N) is 1. The van der Waals surface area contributed by atoms with E-state index >= 15 is 0 Å². The molecule has 1 aromatic carbocycles. The number of carbonyl (C=O) groups is 1. The molecule has 1 aromatic heterocycles. The van der Waals surface area contributed by atoms with E-state index in [0.29, 0.717) is 62.6 Å². The van der Waals surface area contributed by atoms with Gasteiger partial charge in [-0.05, 0) is 37.0 Å². The number of amides is 1. The summed E-state index contributed by atoms with van der Waals surface area (Å²) < 4.78 is 36.7. The zero-order valence-electron chi connectivity index (χ0n) is 23.1. The number of nitrogens with zero attached hydrogens (tertiary/aromatic N) is 4. The number of hydrogen-bond acceptors (Lipinski definition) is 6. The number of aromatic nitrogens is 2. The van der Waals surface area contributed by atoms with Gasteiger partial charge in [0.1, 0.15) is 11.6 Å². The highest BCUT2D eigenvalue weighted by molar-refractivity contribution is 7.80. The highest BCUT2D eigenvalue weighted by Crippen LogP contribution is 2.30. The number of aryl methyl sites for hydroxylation is 1. The summed E-state index contributed by atoms with van der Waals surface area (Å²) in [6.07, 6.45) is 1.23. The van der Waals surface area contributed by atoms with E-state index in [1.165, 1.54) is 10.6 Å². The molecule has 2 unspecified atom stereocenters. The Labute approximate surface area is 226 Å². The maximum Gasteiger partial charge on any atom is 0.296 e. The first-order valence-electron chi connectivity index (χ1n) is 13.1. The van der Waals surface area contributed by atoms with Crippen molar-refractivity contribution in [3.63, 3.8) is 0 Å². The monoisotopic (exact) mass is 553 g/mol. The third-order valence-electron chi connectivity index (χ3n) is 6.10. The van der Waals surface area contributed by atoms with Gasteiger partial charge >= 0.3 is 0 Å². The van der Waals surface area contributed by atoms with Crippen LogP contribution in [0.4, 0.5) is 4.39 Å². The first-order chi connectivity index (χ1) is 18.3. The van der Waals surface area contributed by atoms with Crippen molar-refractivity contribution in [1.29, 1.82) is 0 Å². The van der Waals surface area contributed by atoms with Crippen LogP contribution in [-0.2, 0) is 29.0 Å². The first-order valence-corrected chi connectivity index (χ1v) is 14.2. The van der Waals surface area contributed by atoms with Crippen molar-refractivity contribution < 1.29 is 23.2 Å². The van der Waals surface area contributed by atoms with Crippen molar-refractivity contribution in [2.24, 2.45) is 0 Å². The Balaban J connectivity index is 0.00000121. The summed E-state index contributed by atoms with van der Waals surface area (Å²) in [5, 5.41) is 13.1. The molecule has 2 aromatic rings. The second-order valence-electron chi connectivity index (χ2n) is 8.37. The van der Waals surface area contributed by atoms with Crippen molar-refractivity contribution in [2.45, 2.75) is 66.6 Å². The summed E-state index contributed by atoms with van der Waals surface area (Å²) in [4.78, 5) is 30.1. The van der Waals surface area contributed by atoms with Crippen LogP contribution in [0.25, 0.3) is 0 Å². The summed E-state index contributed by atoms with van der Waals surface area (Å²) in [5.41, 5.74) is 0.0226. The molecule has 38 heavy (non-hydrogen) atoms. The molecule has 0 bridgehead atoms. The van der Waals surface area contributed by atoms with Crippen molar-refractivity contribution in [2.75, 3.05) is 33.4 Å². The maximum atomic E-state index is 13.5. The zero-order valence-corrected chi connectivity index (χ0v) is 23.9. The fourth-order valence-electron chi connectivity index (χ4n) is 4.18. The fourth-order valence-corrected chi connectivity index (χ4v) is 5.43. The molecule has 2 aliphatic heterocycles. The Kier molecular flexibility index (Phi) is 12.5. The van der Waals surface area contributed by atoms with Crippen LogP contribution in [0.1, 0.15) is 74.0 Å². The Bertz CT molecular complexity index is 1170. The van der Waals surface area contributed by atoms with Gasteiger partial charge in [0.2, 0.25) is 5.75 Å². The predicted molar refractivity (Wildman–Crippen MR) is 145 cm³/mol. The van der Waals surface area contributed by atoms with Crippen LogP contribution in [0.15, 0.2) is 23.0 Å². The Morgan fingerprint density at radius 3 is 2.53 bits per heavy atom. The molecule has 1 amide bonds. The molecule has 2 aliphatic rings. The van der Waals surface area contributed by atoms with Crippen LogP contribution in [-0.4, -0.2) is 66.7 Å². The topological polar surface area (TPSA) is 117 Å². The van der Waals surface area contributed by atoms with E-state index in [1.54, 1.807) is 34.7 Å². The van der Waals surface area contributed by atoms with E-state index in [2.05, 4.69) is 10.3 Å². The summed E-state index contributed by atoms with van der Waals surface area (Å²) in [7, 11) is 1.70. The highest BCUT2D eigenvalue weighted by atomic mass is 32.2. The minimum absolute atomic E-state index is 0.0733. The Morgan fingerprint density at radius 1 is 1.24 bits per heavy atom. The van der Waals surface area contributed by atoms with Crippen molar-refractivity contribution in [1.82, 2.24) is 23.5 Å². The molecule has 3 heterocycles. The molecule has 0 spiro atoms. The molecule has 0 aliphatic carbocycles. The van der Waals surface area contributed by atoms with E-state index in [4.69, 9.17) is 4.74 Å². The van der Waals surface area contributed by atoms with Crippen LogP contribution in [0, 0.1) is 12.7 Å². The molecule has 1 saturated heterocycles. The van der Waals surface area contributed by atoms with Gasteiger partial charge in [-0.1, -0.05) is 39.8 Å². The molecule has 12 heteroatoms. The van der Waals surface area contributed by atoms with E-state index in [0.717, 1.165) is 0 Å². The average Bonchev–Trinajstić information content (AvgIpc) is 2.96. The second-order valence-corrected chi connectivity index (χ2v) is 9.92. The van der Waals surface area contributed by atoms with Gasteiger partial charge in [-0.15, -0.1) is 0 Å². The SMILES string of the molecule is CC.CC.Cc1cc(CNC(=O)c2nc3n(c(=O)c2O)CCCC3N(C)S(=O)N2CCOCC2)ccc1F. The number of morpholine rings is 1. The molecule has 10 nitrogen and oxygen atoms in total. The largest absolute Gasteiger partial charge is 0.501 e. The van der Waals surface area contributed by atoms with Crippen LogP contribution < -0.4 is 10.9 Å². The normalized spacial score (nSPS) is 17.8. The number of aromatic hydroxyl groups is 1. The van der Waals surface area contributed by atoms with Crippen molar-refractivity contribution in [3.05, 3.63) is 57.0 Å². The van der Waals surface area contributed by atoms with Crippen LogP contribution in [0.5, 0.6) is 5.75 Å². The number of fused-ring (bicyclic) bond motifs is 1. The van der Waals surface area contributed by atoms with Crippen molar-refractivity contribution in [3.8, 4) is 5.75 Å². The van der Waals surface area contributed by atoms with Gasteiger partial charge in [0.05, 0.1) is 19.3 Å². The lowest BCUT2D eigenvalue weighted by atomic mass is 10.1. The number of rotatable bonds is 6. The summed E-state index contributed by atoms with van der Waals surface area (Å²) in [6.45, 7) is 12.1. The first kappa shape index (κ1) is 31.5. The smallest absolute Gasteiger partial charge is 0.296 e. The van der Waals surface area contributed by atoms with E-state index < -0.39 is 34.4 Å². The zero-order chi connectivity index (χ0) is 28.4. The van der Waals surface area contributed by atoms with Crippen molar-refractivity contribution >= 4 is 17.1 Å². The Hall–Kier alpha value is -2.67. The molecular weight excluding hydrogens is 513 g/mol. The molecule has 0 saturated carbocycles. The number of halogens is 1. The minimum Gasteiger partial charge on any atom is -0.501 e. The molecule has 0 radical (unpaired) electrons. The van der Waals surface area contributed by atoms with E-state index in [9.17, 15) is 23.3 Å². The van der Waals surface area contributed by atoms with Crippen LogP contribution >= 0.6 is 0 Å². The fraction of sp³-hybridized carbons (Fsp3) is 0.577. The van der Waals surface area contributed by atoms with E-state index in [1.807, 2.05) is 27.7 Å². The lowest BCUT2D eigenvalue weighted by Gasteiger charge is -2.35. The van der Waals surface area contributed by atoms with Gasteiger partial charge in [-0.2, -0.15) is 0 Å². The summed E-state index contributed by atoms with van der Waals surface area (Å²) >= 11 is -1.48. The maximum absolute atomic E-state index is 13.5. The summed E-state index contributed by atoms with van der Waals surface area (Å²) in [6, 6.07) is 3.99. The molecule has 2 atom stereocenters. The Morgan fingerprint density at radius 2 is 1.89 bits per heavy atom. The number of ether oxygens (including phenoxy) is 1. The van der Waals surface area contributed by atoms with Crippen LogP contribution in [0.3, 0.4) is 0 Å². The highest BCUT2D eigenvalue weighted by Gasteiger charge is 2.34. The van der Waals surface area contributed by atoms with Gasteiger partial charge in [0.15, 0.2) is 16.9 Å². The van der Waals surface area contributed by atoms with E-state index in [-0.39, 0.29) is 18.1 Å². The quantitative estimate of drug-likeness (QED) is 0.568. The summed E-state index contributed by atoms with van der Waals surface area (Å²) in [5.74, 6) is -1.50. The predicted octanol–water partition coefficient (Wildman–Crippen LogP) is 3.06. The van der Waals surface area contributed by atoms with Gasteiger partial charge in [-0.3, -0.25) is 14.2 Å². The third kappa shape index (κ3) is 7.25. The van der Waals surface area contributed by atoms with Gasteiger partial charge < -0.3 is 15.2 Å². The number of carbonyl (C=O) groups excluding carboxylic acids is 1. The molecule has 1 fully saturated rings. The molecule has 212 valence electrons. The lowest BCUT2D eigenvalue weighted by Crippen LogP contribution is -2.46. The number of benzene rings is 1. The second kappa shape index (κ2) is 15.1. The van der Waals surface area contributed by atoms with Gasteiger partial charge in [-0.25, -0.2) is 22.2 Å². The van der Waals surface area contributed by atoms with Gasteiger partial charge in [0.25, 0.3) is 11.5 Å². The molecular formula is C26H40FN5O5S. The standard InChI is InChI=1S/C22H28FN5O5S.2C2H6/c1-14-12-15(5-6-16(14)23)13-24-21(30)18-19(29)22(31)28-7-3-4-17(20(28)25-18)26(2)34(32)27-8-10-33-11-9-27;2*1-2/h5-6,12,17,29H,3-4,7-11,13H2,1-2H3,(H,24,30);2*1-2H3. The number of hydrogen-bond donors (Lipinski definition) is 2. The molecule has 4 rings (SSSR count). The minimum atomic E-state index is -1.48. The third-order valence-corrected chi connectivity index (χ3v) is 7.65. The average molecular weight is 554 g/mol. The van der Waals surface area contributed by atoms with Gasteiger partial charge in [0, 0.05) is 33.2 Å². The molecule has 2 N–H and O–H groups in total. The lowest BCUT2D eigenvalue weighted by molar-refractivity contribution is 0.0724. The van der Waals surface area contributed by atoms with Crippen LogP contribution in [0.2, 0.25) is 0 Å².